The monoisotopic (exact) mass is 414 g/mol. The van der Waals surface area contributed by atoms with Crippen molar-refractivity contribution in [3.8, 4) is 0 Å². The molecule has 0 spiro atoms. The highest BCUT2D eigenvalue weighted by Gasteiger charge is 2.38. The van der Waals surface area contributed by atoms with Crippen molar-refractivity contribution in [2.75, 3.05) is 18.1 Å². The molecule has 1 saturated carbocycles. The molecule has 1 amide bonds. The van der Waals surface area contributed by atoms with Gasteiger partial charge in [0.25, 0.3) is 0 Å². The SMILES string of the molecule is C[C@@H](NCC(=O)N(C1CCCC1)[C@@H]1CCS(=O)(=O)C1)c1ccc2ccccc2c1. The van der Waals surface area contributed by atoms with Crippen LogP contribution in [0.5, 0.6) is 0 Å². The number of fused-ring (bicyclic) bond motifs is 1. The zero-order valence-corrected chi connectivity index (χ0v) is 17.8. The highest BCUT2D eigenvalue weighted by Crippen LogP contribution is 2.29. The van der Waals surface area contributed by atoms with E-state index in [-0.39, 0.29) is 42.1 Å². The zero-order chi connectivity index (χ0) is 20.4. The Kier molecular flexibility index (Phi) is 5.93. The van der Waals surface area contributed by atoms with E-state index in [4.69, 9.17) is 0 Å². The molecular weight excluding hydrogens is 384 g/mol. The number of benzene rings is 2. The quantitative estimate of drug-likeness (QED) is 0.786. The van der Waals surface area contributed by atoms with Gasteiger partial charge in [0.05, 0.1) is 18.1 Å². The first-order valence-electron chi connectivity index (χ1n) is 10.7. The molecule has 0 radical (unpaired) electrons. The van der Waals surface area contributed by atoms with Crippen LogP contribution in [0.2, 0.25) is 0 Å². The first kappa shape index (κ1) is 20.4. The fourth-order valence-electron chi connectivity index (χ4n) is 4.81. The number of nitrogens with zero attached hydrogens (tertiary/aromatic N) is 1. The van der Waals surface area contributed by atoms with Crippen LogP contribution in [0.15, 0.2) is 42.5 Å². The van der Waals surface area contributed by atoms with Gasteiger partial charge in [0.15, 0.2) is 9.84 Å². The lowest BCUT2D eigenvalue weighted by atomic mass is 10.0. The largest absolute Gasteiger partial charge is 0.335 e. The number of sulfone groups is 1. The van der Waals surface area contributed by atoms with Crippen molar-refractivity contribution >= 4 is 26.5 Å². The molecular formula is C23H30N2O3S. The van der Waals surface area contributed by atoms with Crippen molar-refractivity contribution in [3.05, 3.63) is 48.0 Å². The summed E-state index contributed by atoms with van der Waals surface area (Å²) in [7, 11) is -3.01. The second kappa shape index (κ2) is 8.44. The van der Waals surface area contributed by atoms with Gasteiger partial charge >= 0.3 is 0 Å². The van der Waals surface area contributed by atoms with Crippen LogP contribution in [0.4, 0.5) is 0 Å². The highest BCUT2D eigenvalue weighted by atomic mass is 32.2. The maximum atomic E-state index is 13.1. The molecule has 2 aliphatic rings. The molecule has 0 unspecified atom stereocenters. The van der Waals surface area contributed by atoms with Gasteiger partial charge < -0.3 is 10.2 Å². The standard InChI is InChI=1S/C23H30N2O3S/c1-17(19-11-10-18-6-2-3-7-20(18)14-19)24-15-23(26)25(21-8-4-5-9-21)22-12-13-29(27,28)16-22/h2-3,6-7,10-11,14,17,21-22,24H,4-5,8-9,12-13,15-16H2,1H3/t17-,22-/m1/s1. The second-order valence-corrected chi connectivity index (χ2v) is 10.7. The van der Waals surface area contributed by atoms with E-state index in [0.29, 0.717) is 6.42 Å². The summed E-state index contributed by atoms with van der Waals surface area (Å²) in [6.07, 6.45) is 4.79. The van der Waals surface area contributed by atoms with Gasteiger partial charge in [0, 0.05) is 18.1 Å². The third-order valence-corrected chi connectivity index (χ3v) is 8.19. The smallest absolute Gasteiger partial charge is 0.237 e. The Hall–Kier alpha value is -1.92. The molecule has 1 aliphatic heterocycles. The summed E-state index contributed by atoms with van der Waals surface area (Å²) >= 11 is 0. The summed E-state index contributed by atoms with van der Waals surface area (Å²) in [4.78, 5) is 15.1. The van der Waals surface area contributed by atoms with E-state index >= 15 is 0 Å². The number of rotatable bonds is 6. The molecule has 2 fully saturated rings. The summed E-state index contributed by atoms with van der Waals surface area (Å²) < 4.78 is 24.0. The molecule has 1 saturated heterocycles. The molecule has 2 aromatic rings. The number of amides is 1. The van der Waals surface area contributed by atoms with Gasteiger partial charge in [-0.05, 0) is 48.6 Å². The lowest BCUT2D eigenvalue weighted by molar-refractivity contribution is -0.134. The van der Waals surface area contributed by atoms with Crippen LogP contribution < -0.4 is 5.32 Å². The Bertz CT molecular complexity index is 983. The Morgan fingerprint density at radius 2 is 1.79 bits per heavy atom. The Labute approximate surface area is 173 Å². The Morgan fingerprint density at radius 3 is 2.48 bits per heavy atom. The van der Waals surface area contributed by atoms with Crippen LogP contribution in [0.3, 0.4) is 0 Å². The van der Waals surface area contributed by atoms with Gasteiger partial charge in [-0.3, -0.25) is 4.79 Å². The molecule has 0 aromatic heterocycles. The normalized spacial score (nSPS) is 22.7. The molecule has 1 N–H and O–H groups in total. The van der Waals surface area contributed by atoms with Gasteiger partial charge in [-0.25, -0.2) is 8.42 Å². The van der Waals surface area contributed by atoms with Crippen molar-refractivity contribution in [1.82, 2.24) is 10.2 Å². The van der Waals surface area contributed by atoms with Gasteiger partial charge in [0.2, 0.25) is 5.91 Å². The minimum Gasteiger partial charge on any atom is -0.335 e. The lowest BCUT2D eigenvalue weighted by Gasteiger charge is -2.34. The predicted octanol–water partition coefficient (Wildman–Crippen LogP) is 3.45. The van der Waals surface area contributed by atoms with Crippen LogP contribution in [0.1, 0.15) is 50.6 Å². The second-order valence-electron chi connectivity index (χ2n) is 8.51. The van der Waals surface area contributed by atoms with Crippen molar-refractivity contribution in [1.29, 1.82) is 0 Å². The summed E-state index contributed by atoms with van der Waals surface area (Å²) in [5.74, 6) is 0.358. The topological polar surface area (TPSA) is 66.5 Å². The minimum atomic E-state index is -3.01. The third-order valence-electron chi connectivity index (χ3n) is 6.44. The number of carbonyl (C=O) groups excluding carboxylic acids is 1. The minimum absolute atomic E-state index is 0.0339. The van der Waals surface area contributed by atoms with Crippen molar-refractivity contribution in [3.63, 3.8) is 0 Å². The van der Waals surface area contributed by atoms with E-state index in [1.165, 1.54) is 10.8 Å². The van der Waals surface area contributed by atoms with Gasteiger partial charge in [-0.2, -0.15) is 0 Å². The van der Waals surface area contributed by atoms with Crippen molar-refractivity contribution in [2.24, 2.45) is 0 Å². The predicted molar refractivity (Wildman–Crippen MR) is 117 cm³/mol. The zero-order valence-electron chi connectivity index (χ0n) is 17.0. The maximum absolute atomic E-state index is 13.1. The van der Waals surface area contributed by atoms with E-state index in [0.717, 1.165) is 31.2 Å². The lowest BCUT2D eigenvalue weighted by Crippen LogP contribution is -2.50. The average molecular weight is 415 g/mol. The summed E-state index contributed by atoms with van der Waals surface area (Å²) in [6, 6.07) is 14.7. The van der Waals surface area contributed by atoms with Crippen molar-refractivity contribution < 1.29 is 13.2 Å². The molecule has 2 atom stereocenters. The van der Waals surface area contributed by atoms with Gasteiger partial charge in [0.1, 0.15) is 0 Å². The van der Waals surface area contributed by atoms with Crippen LogP contribution in [0.25, 0.3) is 10.8 Å². The number of hydrogen-bond donors (Lipinski definition) is 1. The van der Waals surface area contributed by atoms with E-state index in [1.54, 1.807) is 0 Å². The summed E-state index contributed by atoms with van der Waals surface area (Å²) in [6.45, 7) is 2.30. The molecule has 1 heterocycles. The molecule has 4 rings (SSSR count). The fourth-order valence-corrected chi connectivity index (χ4v) is 6.52. The van der Waals surface area contributed by atoms with Crippen LogP contribution in [-0.2, 0) is 14.6 Å². The fraction of sp³-hybridized carbons (Fsp3) is 0.522. The molecule has 156 valence electrons. The van der Waals surface area contributed by atoms with Gasteiger partial charge in [-0.15, -0.1) is 0 Å². The number of carbonyl (C=O) groups is 1. The highest BCUT2D eigenvalue weighted by molar-refractivity contribution is 7.91. The van der Waals surface area contributed by atoms with E-state index < -0.39 is 9.84 Å². The van der Waals surface area contributed by atoms with Crippen LogP contribution in [-0.4, -0.2) is 49.4 Å². The Morgan fingerprint density at radius 1 is 1.07 bits per heavy atom. The molecule has 6 heteroatoms. The first-order chi connectivity index (χ1) is 13.9. The van der Waals surface area contributed by atoms with E-state index in [9.17, 15) is 13.2 Å². The third kappa shape index (κ3) is 4.64. The number of nitrogens with one attached hydrogen (secondary N) is 1. The number of hydrogen-bond acceptors (Lipinski definition) is 4. The first-order valence-corrected chi connectivity index (χ1v) is 12.5. The maximum Gasteiger partial charge on any atom is 0.237 e. The van der Waals surface area contributed by atoms with Gasteiger partial charge in [-0.1, -0.05) is 49.2 Å². The summed E-state index contributed by atoms with van der Waals surface area (Å²) in [5, 5.41) is 5.76. The van der Waals surface area contributed by atoms with Crippen LogP contribution in [0, 0.1) is 0 Å². The van der Waals surface area contributed by atoms with E-state index in [1.807, 2.05) is 17.0 Å². The van der Waals surface area contributed by atoms with Crippen LogP contribution >= 0.6 is 0 Å². The molecule has 5 nitrogen and oxygen atoms in total. The molecule has 2 aromatic carbocycles. The Balaban J connectivity index is 1.44. The summed E-state index contributed by atoms with van der Waals surface area (Å²) in [5.41, 5.74) is 1.15. The van der Waals surface area contributed by atoms with Crippen molar-refractivity contribution in [2.45, 2.75) is 57.2 Å². The molecule has 0 bridgehead atoms. The average Bonchev–Trinajstić information content (AvgIpc) is 3.36. The molecule has 1 aliphatic carbocycles. The molecule has 29 heavy (non-hydrogen) atoms. The van der Waals surface area contributed by atoms with E-state index in [2.05, 4.69) is 42.6 Å².